The van der Waals surface area contributed by atoms with E-state index in [0.29, 0.717) is 11.8 Å². The summed E-state index contributed by atoms with van der Waals surface area (Å²) in [5, 5.41) is 0. The summed E-state index contributed by atoms with van der Waals surface area (Å²) in [6.45, 7) is 6.90. The number of nitrogens with zero attached hydrogens (tertiary/aromatic N) is 1. The van der Waals surface area contributed by atoms with E-state index in [1.54, 1.807) is 17.0 Å². The van der Waals surface area contributed by atoms with Crippen molar-refractivity contribution in [2.45, 2.75) is 45.8 Å². The van der Waals surface area contributed by atoms with Crippen molar-refractivity contribution in [2.24, 2.45) is 17.8 Å². The molecule has 5 nitrogen and oxygen atoms in total. The molecule has 24 heavy (non-hydrogen) atoms. The largest absolute Gasteiger partial charge is 0.320 e. The van der Waals surface area contributed by atoms with E-state index in [2.05, 4.69) is 20.8 Å². The van der Waals surface area contributed by atoms with Crippen molar-refractivity contribution >= 4 is 5.69 Å². The number of hydrogen-bond acceptors (Lipinski definition) is 5. The van der Waals surface area contributed by atoms with Gasteiger partial charge in [-0.2, -0.15) is 9.78 Å². The van der Waals surface area contributed by atoms with E-state index < -0.39 is 5.79 Å². The van der Waals surface area contributed by atoms with Gasteiger partial charge in [0.1, 0.15) is 5.82 Å². The Balaban J connectivity index is 1.69. The molecule has 3 rings (SSSR count). The highest BCUT2D eigenvalue weighted by Crippen LogP contribution is 2.45. The summed E-state index contributed by atoms with van der Waals surface area (Å²) in [7, 11) is 0. The van der Waals surface area contributed by atoms with Crippen molar-refractivity contribution in [3.05, 3.63) is 30.1 Å². The highest BCUT2D eigenvalue weighted by molar-refractivity contribution is 5.45. The van der Waals surface area contributed by atoms with Crippen molar-refractivity contribution in [3.8, 4) is 0 Å². The maximum absolute atomic E-state index is 13.1. The lowest BCUT2D eigenvalue weighted by molar-refractivity contribution is -0.542. The molecule has 2 fully saturated rings. The molecule has 1 saturated carbocycles. The topological polar surface area (TPSA) is 40.2 Å². The molecule has 2 atom stereocenters. The van der Waals surface area contributed by atoms with Crippen LogP contribution in [-0.4, -0.2) is 19.2 Å². The second kappa shape index (κ2) is 7.35. The fourth-order valence-electron chi connectivity index (χ4n) is 3.69. The molecule has 0 bridgehead atoms. The Morgan fingerprint density at radius 2 is 1.71 bits per heavy atom. The third-order valence-electron chi connectivity index (χ3n) is 4.98. The summed E-state index contributed by atoms with van der Waals surface area (Å²) >= 11 is 0. The van der Waals surface area contributed by atoms with Gasteiger partial charge in [0.15, 0.2) is 13.5 Å². The quantitative estimate of drug-likeness (QED) is 0.754. The third-order valence-corrected chi connectivity index (χ3v) is 4.98. The standard InChI is InChI=1S/C18H26FNO4/c1-13(2)17-9-4-14(3)10-18(17)23-21-11-20(12-22-24-18)16-7-5-15(19)6-8-16/h5-8,13-14,17H,4,9-12H2,1-3H3/t14-,17+/m1/s1. The number of halogens is 1. The average molecular weight is 339 g/mol. The van der Waals surface area contributed by atoms with Crippen LogP contribution in [0.25, 0.3) is 0 Å². The molecule has 0 unspecified atom stereocenters. The molecule has 1 aliphatic carbocycles. The maximum Gasteiger partial charge on any atom is 0.237 e. The van der Waals surface area contributed by atoms with E-state index in [4.69, 9.17) is 19.6 Å². The fourth-order valence-corrected chi connectivity index (χ4v) is 3.69. The minimum absolute atomic E-state index is 0.190. The van der Waals surface area contributed by atoms with Crippen molar-refractivity contribution < 1.29 is 23.9 Å². The molecular formula is C18H26FNO4. The van der Waals surface area contributed by atoms with Gasteiger partial charge in [-0.05, 0) is 42.5 Å². The van der Waals surface area contributed by atoms with Crippen molar-refractivity contribution in [2.75, 3.05) is 18.4 Å². The normalized spacial score (nSPS) is 28.0. The molecule has 0 N–H and O–H groups in total. The Kier molecular flexibility index (Phi) is 5.39. The second-order valence-corrected chi connectivity index (χ2v) is 7.23. The number of hydrogen-bond donors (Lipinski definition) is 0. The van der Waals surface area contributed by atoms with Crippen LogP contribution in [0.1, 0.15) is 40.0 Å². The van der Waals surface area contributed by atoms with Crippen molar-refractivity contribution in [3.63, 3.8) is 0 Å². The van der Waals surface area contributed by atoms with Crippen LogP contribution in [0.2, 0.25) is 0 Å². The predicted molar refractivity (Wildman–Crippen MR) is 87.0 cm³/mol. The minimum Gasteiger partial charge on any atom is -0.320 e. The van der Waals surface area contributed by atoms with Gasteiger partial charge in [0.25, 0.3) is 0 Å². The number of anilines is 1. The molecule has 134 valence electrons. The molecular weight excluding hydrogens is 313 g/mol. The van der Waals surface area contributed by atoms with Gasteiger partial charge in [0, 0.05) is 18.0 Å². The summed E-state index contributed by atoms with van der Waals surface area (Å²) in [6.07, 6.45) is 2.92. The van der Waals surface area contributed by atoms with E-state index in [-0.39, 0.29) is 25.2 Å². The molecule has 1 saturated heterocycles. The lowest BCUT2D eigenvalue weighted by Crippen LogP contribution is -2.52. The van der Waals surface area contributed by atoms with Gasteiger partial charge in [0.05, 0.1) is 0 Å². The van der Waals surface area contributed by atoms with Gasteiger partial charge in [-0.1, -0.05) is 27.2 Å². The highest BCUT2D eigenvalue weighted by atomic mass is 19.1. The van der Waals surface area contributed by atoms with Crippen LogP contribution in [0.3, 0.4) is 0 Å². The first-order chi connectivity index (χ1) is 11.5. The van der Waals surface area contributed by atoms with Gasteiger partial charge < -0.3 is 4.90 Å². The molecule has 1 aromatic carbocycles. The van der Waals surface area contributed by atoms with Crippen LogP contribution >= 0.6 is 0 Å². The predicted octanol–water partition coefficient (Wildman–Crippen LogP) is 4.25. The van der Waals surface area contributed by atoms with Gasteiger partial charge in [-0.25, -0.2) is 14.2 Å². The van der Waals surface area contributed by atoms with E-state index in [9.17, 15) is 4.39 Å². The van der Waals surface area contributed by atoms with Crippen molar-refractivity contribution in [1.82, 2.24) is 0 Å². The Bertz CT molecular complexity index is 526. The Labute approximate surface area is 142 Å². The first-order valence-electron chi connectivity index (χ1n) is 8.62. The molecule has 1 aliphatic heterocycles. The zero-order chi connectivity index (χ0) is 17.2. The monoisotopic (exact) mass is 339 g/mol. The Hall–Kier alpha value is -1.21. The van der Waals surface area contributed by atoms with Crippen molar-refractivity contribution in [1.29, 1.82) is 0 Å². The molecule has 1 aromatic rings. The van der Waals surface area contributed by atoms with Crippen LogP contribution in [-0.2, 0) is 19.6 Å². The van der Waals surface area contributed by atoms with Crippen LogP contribution in [0, 0.1) is 23.6 Å². The molecule has 1 spiro atoms. The van der Waals surface area contributed by atoms with Crippen LogP contribution in [0.5, 0.6) is 0 Å². The molecule has 6 heteroatoms. The molecule has 1 heterocycles. The van der Waals surface area contributed by atoms with Gasteiger partial charge in [0.2, 0.25) is 5.79 Å². The molecule has 0 aromatic heterocycles. The summed E-state index contributed by atoms with van der Waals surface area (Å²) < 4.78 is 13.1. The Morgan fingerprint density at radius 1 is 1.08 bits per heavy atom. The van der Waals surface area contributed by atoms with E-state index in [0.717, 1.165) is 24.9 Å². The summed E-state index contributed by atoms with van der Waals surface area (Å²) in [6, 6.07) is 6.13. The highest BCUT2D eigenvalue weighted by Gasteiger charge is 2.50. The van der Waals surface area contributed by atoms with Crippen LogP contribution in [0.15, 0.2) is 24.3 Å². The first kappa shape index (κ1) is 17.6. The zero-order valence-corrected chi connectivity index (χ0v) is 14.5. The lowest BCUT2D eigenvalue weighted by atomic mass is 9.73. The fraction of sp³-hybridized carbons (Fsp3) is 0.667. The molecule has 0 radical (unpaired) electrons. The second-order valence-electron chi connectivity index (χ2n) is 7.23. The summed E-state index contributed by atoms with van der Waals surface area (Å²) in [5.41, 5.74) is 0.775. The smallest absolute Gasteiger partial charge is 0.237 e. The zero-order valence-electron chi connectivity index (χ0n) is 14.5. The van der Waals surface area contributed by atoms with Gasteiger partial charge in [-0.3, -0.25) is 0 Å². The number of benzene rings is 1. The summed E-state index contributed by atoms with van der Waals surface area (Å²) in [4.78, 5) is 24.3. The van der Waals surface area contributed by atoms with Crippen LogP contribution in [0.4, 0.5) is 10.1 Å². The van der Waals surface area contributed by atoms with E-state index in [1.807, 2.05) is 0 Å². The average Bonchev–Trinajstić information content (AvgIpc) is 2.52. The minimum atomic E-state index is -0.860. The lowest BCUT2D eigenvalue weighted by Gasteiger charge is -2.46. The molecule has 0 amide bonds. The maximum atomic E-state index is 13.1. The summed E-state index contributed by atoms with van der Waals surface area (Å²) in [5.74, 6) is -0.0425. The third kappa shape index (κ3) is 3.72. The van der Waals surface area contributed by atoms with Gasteiger partial charge in [-0.15, -0.1) is 0 Å². The number of rotatable bonds is 2. The van der Waals surface area contributed by atoms with E-state index in [1.165, 1.54) is 12.1 Å². The van der Waals surface area contributed by atoms with Crippen LogP contribution < -0.4 is 4.90 Å². The SMILES string of the molecule is CC(C)[C@@H]1CC[C@@H](C)CC12OOCN(c1ccc(F)cc1)COO2. The Morgan fingerprint density at radius 3 is 2.29 bits per heavy atom. The van der Waals surface area contributed by atoms with Gasteiger partial charge >= 0.3 is 0 Å². The molecule has 2 aliphatic rings. The first-order valence-corrected chi connectivity index (χ1v) is 8.62. The van der Waals surface area contributed by atoms with E-state index >= 15 is 0 Å².